The molecule has 0 radical (unpaired) electrons. The molecule has 0 bridgehead atoms. The highest BCUT2D eigenvalue weighted by atomic mass is 16.3. The van der Waals surface area contributed by atoms with Crippen molar-refractivity contribution in [2.45, 2.75) is 82.9 Å². The Bertz CT molecular complexity index is 201. The fourth-order valence-corrected chi connectivity index (χ4v) is 3.41. The fourth-order valence-electron chi connectivity index (χ4n) is 3.41. The van der Waals surface area contributed by atoms with Crippen LogP contribution in [0.5, 0.6) is 0 Å². The number of aliphatic hydroxyl groups is 1. The lowest BCUT2D eigenvalue weighted by Crippen LogP contribution is -2.48. The van der Waals surface area contributed by atoms with E-state index >= 15 is 0 Å². The Labute approximate surface area is 99.8 Å². The average molecular weight is 225 g/mol. The lowest BCUT2D eigenvalue weighted by molar-refractivity contribution is 0.0788. The van der Waals surface area contributed by atoms with Gasteiger partial charge in [0.25, 0.3) is 0 Å². The monoisotopic (exact) mass is 225 g/mol. The summed E-state index contributed by atoms with van der Waals surface area (Å²) in [7, 11) is 0. The Kier molecular flexibility index (Phi) is 4.66. The Hall–Kier alpha value is -0.0800. The van der Waals surface area contributed by atoms with Crippen LogP contribution in [0.25, 0.3) is 0 Å². The van der Waals surface area contributed by atoms with E-state index in [0.717, 1.165) is 18.8 Å². The molecule has 2 aliphatic rings. The third-order valence-electron chi connectivity index (χ3n) is 4.56. The van der Waals surface area contributed by atoms with Crippen LogP contribution in [0, 0.1) is 5.92 Å². The van der Waals surface area contributed by atoms with Gasteiger partial charge in [-0.15, -0.1) is 0 Å². The van der Waals surface area contributed by atoms with E-state index in [2.05, 4.69) is 12.2 Å². The van der Waals surface area contributed by atoms with E-state index in [1.165, 1.54) is 44.9 Å². The van der Waals surface area contributed by atoms with Gasteiger partial charge in [0.1, 0.15) is 0 Å². The van der Waals surface area contributed by atoms with Gasteiger partial charge in [0.15, 0.2) is 0 Å². The van der Waals surface area contributed by atoms with Gasteiger partial charge in [-0.3, -0.25) is 0 Å². The summed E-state index contributed by atoms with van der Waals surface area (Å²) in [6.45, 7) is 2.32. The first-order valence-electron chi connectivity index (χ1n) is 7.21. The summed E-state index contributed by atoms with van der Waals surface area (Å²) >= 11 is 0. The molecule has 0 aromatic rings. The second-order valence-electron chi connectivity index (χ2n) is 5.81. The van der Waals surface area contributed by atoms with Gasteiger partial charge >= 0.3 is 0 Å². The lowest BCUT2D eigenvalue weighted by Gasteiger charge is -2.35. The standard InChI is InChI=1S/C14H27NO/c1-11(12-7-3-2-4-8-12)15-13-9-5-6-10-14(13)16/h11-16H,2-10H2,1H3/t11-,13?,14?/m0/s1. The molecule has 2 unspecified atom stereocenters. The van der Waals surface area contributed by atoms with Gasteiger partial charge in [-0.05, 0) is 38.5 Å². The number of rotatable bonds is 3. The number of hydrogen-bond donors (Lipinski definition) is 2. The Morgan fingerprint density at radius 2 is 1.56 bits per heavy atom. The van der Waals surface area contributed by atoms with Crippen LogP contribution in [-0.2, 0) is 0 Å². The van der Waals surface area contributed by atoms with Crippen molar-refractivity contribution >= 4 is 0 Å². The minimum Gasteiger partial charge on any atom is -0.392 e. The molecular formula is C14H27NO. The maximum Gasteiger partial charge on any atom is 0.0693 e. The van der Waals surface area contributed by atoms with Crippen LogP contribution in [0.15, 0.2) is 0 Å². The molecule has 0 aliphatic heterocycles. The van der Waals surface area contributed by atoms with Crippen molar-refractivity contribution in [1.29, 1.82) is 0 Å². The Morgan fingerprint density at radius 3 is 2.25 bits per heavy atom. The molecule has 2 N–H and O–H groups in total. The lowest BCUT2D eigenvalue weighted by atomic mass is 9.83. The molecule has 16 heavy (non-hydrogen) atoms. The van der Waals surface area contributed by atoms with Crippen molar-refractivity contribution in [3.8, 4) is 0 Å². The van der Waals surface area contributed by atoms with Crippen molar-refractivity contribution in [3.05, 3.63) is 0 Å². The van der Waals surface area contributed by atoms with Crippen LogP contribution >= 0.6 is 0 Å². The topological polar surface area (TPSA) is 32.3 Å². The molecule has 2 saturated carbocycles. The van der Waals surface area contributed by atoms with Gasteiger partial charge in [-0.2, -0.15) is 0 Å². The molecule has 0 spiro atoms. The van der Waals surface area contributed by atoms with E-state index in [0.29, 0.717) is 12.1 Å². The number of nitrogens with one attached hydrogen (secondary N) is 1. The van der Waals surface area contributed by atoms with E-state index < -0.39 is 0 Å². The van der Waals surface area contributed by atoms with E-state index in [-0.39, 0.29) is 6.10 Å². The van der Waals surface area contributed by atoms with E-state index in [1.807, 2.05) is 0 Å². The summed E-state index contributed by atoms with van der Waals surface area (Å²) in [5.74, 6) is 0.850. The largest absolute Gasteiger partial charge is 0.392 e. The minimum absolute atomic E-state index is 0.0974. The molecule has 0 aromatic heterocycles. The first-order valence-corrected chi connectivity index (χ1v) is 7.21. The van der Waals surface area contributed by atoms with Crippen LogP contribution in [0.4, 0.5) is 0 Å². The molecule has 0 amide bonds. The summed E-state index contributed by atoms with van der Waals surface area (Å²) in [4.78, 5) is 0. The Balaban J connectivity index is 1.78. The predicted molar refractivity (Wildman–Crippen MR) is 67.4 cm³/mol. The highest BCUT2D eigenvalue weighted by molar-refractivity contribution is 4.85. The maximum absolute atomic E-state index is 9.95. The third-order valence-corrected chi connectivity index (χ3v) is 4.56. The molecule has 0 heterocycles. The summed E-state index contributed by atoms with van der Waals surface area (Å²) in [5, 5.41) is 13.6. The van der Waals surface area contributed by atoms with Crippen molar-refractivity contribution in [3.63, 3.8) is 0 Å². The number of aliphatic hydroxyl groups excluding tert-OH is 1. The van der Waals surface area contributed by atoms with Gasteiger partial charge in [0.05, 0.1) is 6.10 Å². The minimum atomic E-state index is -0.0974. The molecule has 2 fully saturated rings. The van der Waals surface area contributed by atoms with Crippen LogP contribution in [0.2, 0.25) is 0 Å². The zero-order valence-corrected chi connectivity index (χ0v) is 10.6. The van der Waals surface area contributed by atoms with Crippen molar-refractivity contribution in [2.24, 2.45) is 5.92 Å². The highest BCUT2D eigenvalue weighted by Gasteiger charge is 2.27. The predicted octanol–water partition coefficient (Wildman–Crippen LogP) is 2.85. The molecule has 2 nitrogen and oxygen atoms in total. The highest BCUT2D eigenvalue weighted by Crippen LogP contribution is 2.27. The first-order chi connectivity index (χ1) is 7.77. The fraction of sp³-hybridized carbons (Fsp3) is 1.00. The van der Waals surface area contributed by atoms with Gasteiger partial charge < -0.3 is 10.4 Å². The smallest absolute Gasteiger partial charge is 0.0693 e. The van der Waals surface area contributed by atoms with E-state index in [1.54, 1.807) is 0 Å². The first kappa shape index (κ1) is 12.4. The molecule has 0 saturated heterocycles. The molecule has 94 valence electrons. The summed E-state index contributed by atoms with van der Waals surface area (Å²) < 4.78 is 0. The van der Waals surface area contributed by atoms with Gasteiger partial charge in [-0.1, -0.05) is 32.1 Å². The van der Waals surface area contributed by atoms with Crippen LogP contribution < -0.4 is 5.32 Å². The Morgan fingerprint density at radius 1 is 0.938 bits per heavy atom. The molecular weight excluding hydrogens is 198 g/mol. The maximum atomic E-state index is 9.95. The molecule has 2 aliphatic carbocycles. The number of hydrogen-bond acceptors (Lipinski definition) is 2. The second-order valence-corrected chi connectivity index (χ2v) is 5.81. The quantitative estimate of drug-likeness (QED) is 0.774. The summed E-state index contributed by atoms with van der Waals surface area (Å²) in [6.07, 6.45) is 11.6. The molecule has 3 atom stereocenters. The summed E-state index contributed by atoms with van der Waals surface area (Å²) in [5.41, 5.74) is 0. The molecule has 0 aromatic carbocycles. The zero-order valence-electron chi connectivity index (χ0n) is 10.6. The van der Waals surface area contributed by atoms with Gasteiger partial charge in [0, 0.05) is 12.1 Å². The second kappa shape index (κ2) is 6.02. The summed E-state index contributed by atoms with van der Waals surface area (Å²) in [6, 6.07) is 0.962. The van der Waals surface area contributed by atoms with Gasteiger partial charge in [-0.25, -0.2) is 0 Å². The van der Waals surface area contributed by atoms with Crippen LogP contribution in [0.3, 0.4) is 0 Å². The van der Waals surface area contributed by atoms with E-state index in [4.69, 9.17) is 0 Å². The van der Waals surface area contributed by atoms with Crippen LogP contribution in [-0.4, -0.2) is 23.3 Å². The normalized spacial score (nSPS) is 34.9. The average Bonchev–Trinajstić information content (AvgIpc) is 2.33. The van der Waals surface area contributed by atoms with Crippen molar-refractivity contribution in [2.75, 3.05) is 0 Å². The zero-order chi connectivity index (χ0) is 11.4. The van der Waals surface area contributed by atoms with Gasteiger partial charge in [0.2, 0.25) is 0 Å². The SMILES string of the molecule is C[C@H](NC1CCCCC1O)C1CCCCC1. The molecule has 2 rings (SSSR count). The van der Waals surface area contributed by atoms with Crippen molar-refractivity contribution in [1.82, 2.24) is 5.32 Å². The third kappa shape index (κ3) is 3.21. The van der Waals surface area contributed by atoms with Crippen molar-refractivity contribution < 1.29 is 5.11 Å². The molecule has 2 heteroatoms. The van der Waals surface area contributed by atoms with E-state index in [9.17, 15) is 5.11 Å². The van der Waals surface area contributed by atoms with Crippen LogP contribution in [0.1, 0.15) is 64.7 Å².